The molecule has 0 saturated heterocycles. The standard InChI is InChI=1S/C14H10N6O2/c1-22-14(21)10-3-4-13(20-6-2-5-17-20)12(7-10)19-18-11(8-15)9-16/h2-7,19H,1H3. The van der Waals surface area contributed by atoms with Crippen LogP contribution in [0.15, 0.2) is 41.8 Å². The molecule has 0 saturated carbocycles. The summed E-state index contributed by atoms with van der Waals surface area (Å²) >= 11 is 0. The maximum atomic E-state index is 11.6. The summed E-state index contributed by atoms with van der Waals surface area (Å²) in [6, 6.07) is 9.73. The lowest BCUT2D eigenvalue weighted by atomic mass is 10.1. The fourth-order valence-corrected chi connectivity index (χ4v) is 1.67. The number of anilines is 1. The van der Waals surface area contributed by atoms with Crippen molar-refractivity contribution >= 4 is 17.4 Å². The third-order valence-electron chi connectivity index (χ3n) is 2.67. The van der Waals surface area contributed by atoms with Crippen molar-refractivity contribution in [3.63, 3.8) is 0 Å². The fourth-order valence-electron chi connectivity index (χ4n) is 1.67. The van der Waals surface area contributed by atoms with Crippen molar-refractivity contribution in [2.24, 2.45) is 5.10 Å². The van der Waals surface area contributed by atoms with Gasteiger partial charge in [0.25, 0.3) is 0 Å². The third-order valence-corrected chi connectivity index (χ3v) is 2.67. The number of hydrazone groups is 1. The van der Waals surface area contributed by atoms with Crippen molar-refractivity contribution in [1.29, 1.82) is 10.5 Å². The molecule has 0 aliphatic carbocycles. The van der Waals surface area contributed by atoms with Crippen LogP contribution in [-0.4, -0.2) is 28.6 Å². The molecule has 2 rings (SSSR count). The van der Waals surface area contributed by atoms with Gasteiger partial charge in [0.2, 0.25) is 5.71 Å². The number of ether oxygens (including phenoxy) is 1. The number of nitriles is 2. The van der Waals surface area contributed by atoms with Crippen molar-refractivity contribution in [2.45, 2.75) is 0 Å². The van der Waals surface area contributed by atoms with Gasteiger partial charge in [-0.1, -0.05) is 0 Å². The van der Waals surface area contributed by atoms with Gasteiger partial charge in [-0.2, -0.15) is 20.7 Å². The molecule has 0 unspecified atom stereocenters. The molecule has 0 radical (unpaired) electrons. The summed E-state index contributed by atoms with van der Waals surface area (Å²) in [5.41, 5.74) is 3.55. The highest BCUT2D eigenvalue weighted by atomic mass is 16.5. The van der Waals surface area contributed by atoms with E-state index in [1.165, 1.54) is 13.2 Å². The van der Waals surface area contributed by atoms with Crippen LogP contribution in [0.25, 0.3) is 5.69 Å². The fraction of sp³-hybridized carbons (Fsp3) is 0.0714. The molecule has 0 aliphatic heterocycles. The quantitative estimate of drug-likeness (QED) is 0.518. The van der Waals surface area contributed by atoms with Crippen molar-refractivity contribution in [1.82, 2.24) is 9.78 Å². The van der Waals surface area contributed by atoms with Crippen molar-refractivity contribution in [3.8, 4) is 17.8 Å². The van der Waals surface area contributed by atoms with Crippen LogP contribution in [-0.2, 0) is 4.74 Å². The molecular formula is C14H10N6O2. The Kier molecular flexibility index (Phi) is 4.48. The van der Waals surface area contributed by atoms with E-state index < -0.39 is 5.97 Å². The second-order valence-electron chi connectivity index (χ2n) is 3.97. The van der Waals surface area contributed by atoms with Gasteiger partial charge in [0.15, 0.2) is 0 Å². The highest BCUT2D eigenvalue weighted by Crippen LogP contribution is 2.22. The smallest absolute Gasteiger partial charge is 0.337 e. The van der Waals surface area contributed by atoms with E-state index in [4.69, 9.17) is 10.5 Å². The molecule has 0 atom stereocenters. The Morgan fingerprint density at radius 1 is 1.41 bits per heavy atom. The van der Waals surface area contributed by atoms with E-state index in [9.17, 15) is 4.79 Å². The van der Waals surface area contributed by atoms with Crippen LogP contribution in [0.5, 0.6) is 0 Å². The first kappa shape index (κ1) is 14.8. The lowest BCUT2D eigenvalue weighted by Gasteiger charge is -2.10. The molecule has 2 aromatic rings. The highest BCUT2D eigenvalue weighted by Gasteiger charge is 2.11. The molecular weight excluding hydrogens is 284 g/mol. The summed E-state index contributed by atoms with van der Waals surface area (Å²) in [6.07, 6.45) is 3.30. The van der Waals surface area contributed by atoms with Gasteiger partial charge >= 0.3 is 5.97 Å². The maximum Gasteiger partial charge on any atom is 0.337 e. The molecule has 0 amide bonds. The average molecular weight is 294 g/mol. The number of nitrogens with zero attached hydrogens (tertiary/aromatic N) is 5. The minimum absolute atomic E-state index is 0.298. The first-order valence-corrected chi connectivity index (χ1v) is 6.06. The minimum atomic E-state index is -0.514. The molecule has 0 bridgehead atoms. The van der Waals surface area contributed by atoms with Crippen LogP contribution in [0, 0.1) is 22.7 Å². The molecule has 108 valence electrons. The summed E-state index contributed by atoms with van der Waals surface area (Å²) in [7, 11) is 1.28. The molecule has 0 spiro atoms. The molecule has 8 heteroatoms. The second kappa shape index (κ2) is 6.68. The Labute approximate surface area is 125 Å². The molecule has 8 nitrogen and oxygen atoms in total. The molecule has 1 aromatic heterocycles. The summed E-state index contributed by atoms with van der Waals surface area (Å²) < 4.78 is 6.21. The molecule has 0 aliphatic rings. The van der Waals surface area contributed by atoms with Gasteiger partial charge in [-0.05, 0) is 24.3 Å². The van der Waals surface area contributed by atoms with Gasteiger partial charge in [-0.3, -0.25) is 5.43 Å². The number of aromatic nitrogens is 2. The van der Waals surface area contributed by atoms with Crippen LogP contribution in [0.3, 0.4) is 0 Å². The lowest BCUT2D eigenvalue weighted by molar-refractivity contribution is 0.0601. The predicted octanol–water partition coefficient (Wildman–Crippen LogP) is 1.47. The Bertz CT molecular complexity index is 780. The van der Waals surface area contributed by atoms with Crippen LogP contribution in [0.2, 0.25) is 0 Å². The zero-order valence-electron chi connectivity index (χ0n) is 11.5. The van der Waals surface area contributed by atoms with E-state index in [0.29, 0.717) is 16.9 Å². The Morgan fingerprint density at radius 2 is 2.18 bits per heavy atom. The summed E-state index contributed by atoms with van der Waals surface area (Å²) in [5.74, 6) is -0.514. The Hall–Kier alpha value is -3.65. The number of nitrogens with one attached hydrogen (secondary N) is 1. The molecule has 22 heavy (non-hydrogen) atoms. The van der Waals surface area contributed by atoms with Crippen molar-refractivity contribution < 1.29 is 9.53 Å². The number of carbonyl (C=O) groups excluding carboxylic acids is 1. The number of rotatable bonds is 4. The van der Waals surface area contributed by atoms with Crippen LogP contribution < -0.4 is 5.43 Å². The number of methoxy groups -OCH3 is 1. The van der Waals surface area contributed by atoms with E-state index in [1.807, 2.05) is 0 Å². The lowest BCUT2D eigenvalue weighted by Crippen LogP contribution is -2.06. The van der Waals surface area contributed by atoms with Gasteiger partial charge in [-0.15, -0.1) is 0 Å². The first-order chi connectivity index (χ1) is 10.7. The number of hydrogen-bond donors (Lipinski definition) is 1. The molecule has 1 heterocycles. The van der Waals surface area contributed by atoms with Gasteiger partial charge in [0.05, 0.1) is 24.0 Å². The summed E-state index contributed by atoms with van der Waals surface area (Å²) in [5, 5.41) is 25.2. The van der Waals surface area contributed by atoms with Crippen molar-refractivity contribution in [2.75, 3.05) is 12.5 Å². The van der Waals surface area contributed by atoms with Gasteiger partial charge < -0.3 is 4.74 Å². The van der Waals surface area contributed by atoms with Crippen molar-refractivity contribution in [3.05, 3.63) is 42.2 Å². The highest BCUT2D eigenvalue weighted by molar-refractivity contribution is 6.10. The van der Waals surface area contributed by atoms with Crippen LogP contribution in [0.1, 0.15) is 10.4 Å². The van der Waals surface area contributed by atoms with E-state index >= 15 is 0 Å². The zero-order valence-corrected chi connectivity index (χ0v) is 11.5. The Balaban J connectivity index is 2.47. The molecule has 1 aromatic carbocycles. The average Bonchev–Trinajstić information content (AvgIpc) is 3.09. The minimum Gasteiger partial charge on any atom is -0.465 e. The number of carbonyl (C=O) groups is 1. The normalized spacial score (nSPS) is 9.23. The van der Waals surface area contributed by atoms with E-state index in [1.54, 1.807) is 47.4 Å². The van der Waals surface area contributed by atoms with Gasteiger partial charge in [0, 0.05) is 12.4 Å². The molecule has 0 fully saturated rings. The van der Waals surface area contributed by atoms with Gasteiger partial charge in [-0.25, -0.2) is 9.48 Å². The zero-order chi connectivity index (χ0) is 15.9. The number of benzene rings is 1. The summed E-state index contributed by atoms with van der Waals surface area (Å²) in [4.78, 5) is 11.6. The number of esters is 1. The first-order valence-electron chi connectivity index (χ1n) is 6.06. The maximum absolute atomic E-state index is 11.6. The predicted molar refractivity (Wildman–Crippen MR) is 77.2 cm³/mol. The third kappa shape index (κ3) is 3.08. The van der Waals surface area contributed by atoms with Crippen LogP contribution in [0.4, 0.5) is 5.69 Å². The number of hydrogen-bond acceptors (Lipinski definition) is 7. The van der Waals surface area contributed by atoms with E-state index in [2.05, 4.69) is 20.4 Å². The SMILES string of the molecule is COC(=O)c1ccc(-n2cccn2)c(NN=C(C#N)C#N)c1. The van der Waals surface area contributed by atoms with E-state index in [-0.39, 0.29) is 5.71 Å². The largest absolute Gasteiger partial charge is 0.465 e. The second-order valence-corrected chi connectivity index (χ2v) is 3.97. The van der Waals surface area contributed by atoms with Gasteiger partial charge in [0.1, 0.15) is 12.1 Å². The Morgan fingerprint density at radius 3 is 2.77 bits per heavy atom. The molecule has 1 N–H and O–H groups in total. The topological polar surface area (TPSA) is 116 Å². The van der Waals surface area contributed by atoms with E-state index in [0.717, 1.165) is 0 Å². The summed E-state index contributed by atoms with van der Waals surface area (Å²) in [6.45, 7) is 0. The van der Waals surface area contributed by atoms with Crippen LogP contribution >= 0.6 is 0 Å². The monoisotopic (exact) mass is 294 g/mol.